The van der Waals surface area contributed by atoms with Crippen molar-refractivity contribution in [2.45, 2.75) is 45.1 Å². The minimum Gasteiger partial charge on any atom is -0.497 e. The second-order valence-electron chi connectivity index (χ2n) is 6.83. The van der Waals surface area contributed by atoms with Gasteiger partial charge < -0.3 is 15.0 Å². The monoisotopic (exact) mass is 392 g/mol. The van der Waals surface area contributed by atoms with Crippen LogP contribution in [0, 0.1) is 5.92 Å². The molecular formula is C19H28N4O5. The molecule has 2 atom stereocenters. The fourth-order valence-electron chi connectivity index (χ4n) is 3.37. The van der Waals surface area contributed by atoms with Gasteiger partial charge >= 0.3 is 0 Å². The average molecular weight is 392 g/mol. The van der Waals surface area contributed by atoms with E-state index in [0.717, 1.165) is 12.8 Å². The van der Waals surface area contributed by atoms with Gasteiger partial charge in [-0.15, -0.1) is 0 Å². The van der Waals surface area contributed by atoms with E-state index in [2.05, 4.69) is 10.3 Å². The van der Waals surface area contributed by atoms with Crippen molar-refractivity contribution in [3.8, 4) is 5.75 Å². The molecule has 0 aromatic carbocycles. The molecule has 2 rings (SSSR count). The number of carbonyl (C=O) groups excluding carboxylic acids is 3. The quantitative estimate of drug-likeness (QED) is 0.356. The van der Waals surface area contributed by atoms with Crippen molar-refractivity contribution in [3.63, 3.8) is 0 Å². The van der Waals surface area contributed by atoms with Crippen molar-refractivity contribution in [2.75, 3.05) is 25.5 Å². The largest absolute Gasteiger partial charge is 0.497 e. The molecule has 0 saturated carbocycles. The SMILES string of the molecule is CCCC[C@H](CN(O)C=O)C(=O)N1CCC[C@H]1C(=O)Nc1cc(OC)ccn1. The van der Waals surface area contributed by atoms with Crippen LogP contribution in [0.25, 0.3) is 0 Å². The van der Waals surface area contributed by atoms with Crippen LogP contribution in [-0.4, -0.2) is 64.6 Å². The van der Waals surface area contributed by atoms with Crippen LogP contribution in [0.3, 0.4) is 0 Å². The maximum absolute atomic E-state index is 13.0. The van der Waals surface area contributed by atoms with Crippen LogP contribution in [0.1, 0.15) is 39.0 Å². The molecule has 0 radical (unpaired) electrons. The fraction of sp³-hybridized carbons (Fsp3) is 0.579. The van der Waals surface area contributed by atoms with Crippen molar-refractivity contribution < 1.29 is 24.3 Å². The van der Waals surface area contributed by atoms with Crippen molar-refractivity contribution in [1.82, 2.24) is 14.9 Å². The third-order valence-corrected chi connectivity index (χ3v) is 4.84. The van der Waals surface area contributed by atoms with Gasteiger partial charge in [0.05, 0.1) is 19.6 Å². The molecule has 0 bridgehead atoms. The van der Waals surface area contributed by atoms with Gasteiger partial charge in [-0.05, 0) is 25.3 Å². The summed E-state index contributed by atoms with van der Waals surface area (Å²) in [6.07, 6.45) is 5.31. The Hall–Kier alpha value is -2.68. The smallest absolute Gasteiger partial charge is 0.248 e. The van der Waals surface area contributed by atoms with Crippen molar-refractivity contribution in [2.24, 2.45) is 5.92 Å². The number of hydroxylamine groups is 2. The number of pyridine rings is 1. The van der Waals surface area contributed by atoms with Crippen LogP contribution in [0.2, 0.25) is 0 Å². The number of hydrogen-bond donors (Lipinski definition) is 2. The lowest BCUT2D eigenvalue weighted by atomic mass is 9.99. The number of likely N-dealkylation sites (tertiary alicyclic amines) is 1. The van der Waals surface area contributed by atoms with E-state index < -0.39 is 12.0 Å². The van der Waals surface area contributed by atoms with Gasteiger partial charge in [0.25, 0.3) is 0 Å². The molecule has 2 N–H and O–H groups in total. The molecule has 1 aromatic rings. The molecular weight excluding hydrogens is 364 g/mol. The van der Waals surface area contributed by atoms with Crippen LogP contribution in [0.5, 0.6) is 5.75 Å². The number of aromatic nitrogens is 1. The molecule has 1 aliphatic rings. The number of unbranched alkanes of at least 4 members (excludes halogenated alkanes) is 1. The summed E-state index contributed by atoms with van der Waals surface area (Å²) in [7, 11) is 1.53. The van der Waals surface area contributed by atoms with Gasteiger partial charge in [0.15, 0.2) is 0 Å². The van der Waals surface area contributed by atoms with Crippen molar-refractivity contribution in [1.29, 1.82) is 0 Å². The highest BCUT2D eigenvalue weighted by Crippen LogP contribution is 2.24. The minimum atomic E-state index is -0.604. The number of hydrogen-bond acceptors (Lipinski definition) is 6. The number of rotatable bonds is 10. The zero-order valence-corrected chi connectivity index (χ0v) is 16.3. The van der Waals surface area contributed by atoms with Gasteiger partial charge in [-0.3, -0.25) is 19.6 Å². The first-order valence-corrected chi connectivity index (χ1v) is 9.52. The molecule has 0 aliphatic carbocycles. The Morgan fingerprint density at radius 2 is 2.32 bits per heavy atom. The maximum atomic E-state index is 13.0. The fourth-order valence-corrected chi connectivity index (χ4v) is 3.37. The molecule has 1 fully saturated rings. The van der Waals surface area contributed by atoms with Gasteiger partial charge in [0.1, 0.15) is 17.6 Å². The summed E-state index contributed by atoms with van der Waals surface area (Å²) < 4.78 is 5.13. The van der Waals surface area contributed by atoms with Gasteiger partial charge in [-0.1, -0.05) is 19.8 Å². The highest BCUT2D eigenvalue weighted by molar-refractivity contribution is 5.97. The number of nitrogens with one attached hydrogen (secondary N) is 1. The Balaban J connectivity index is 2.08. The first kappa shape index (κ1) is 21.6. The topological polar surface area (TPSA) is 112 Å². The third-order valence-electron chi connectivity index (χ3n) is 4.84. The Morgan fingerprint density at radius 3 is 3.00 bits per heavy atom. The number of nitrogens with zero attached hydrogens (tertiary/aromatic N) is 3. The Bertz CT molecular complexity index is 684. The first-order valence-electron chi connectivity index (χ1n) is 9.52. The van der Waals surface area contributed by atoms with Crippen LogP contribution < -0.4 is 10.1 Å². The van der Waals surface area contributed by atoms with Crippen LogP contribution in [-0.2, 0) is 14.4 Å². The molecule has 1 saturated heterocycles. The van der Waals surface area contributed by atoms with Crippen molar-refractivity contribution >= 4 is 24.0 Å². The highest BCUT2D eigenvalue weighted by atomic mass is 16.5. The average Bonchev–Trinajstić information content (AvgIpc) is 3.20. The van der Waals surface area contributed by atoms with E-state index in [0.29, 0.717) is 42.4 Å². The lowest BCUT2D eigenvalue weighted by molar-refractivity contribution is -0.157. The molecule has 2 heterocycles. The van der Waals surface area contributed by atoms with E-state index in [-0.39, 0.29) is 24.8 Å². The molecule has 3 amide bonds. The second-order valence-corrected chi connectivity index (χ2v) is 6.83. The standard InChI is InChI=1S/C19H28N4O5/c1-3-4-6-14(12-22(27)13-24)19(26)23-10-5-7-16(23)18(25)21-17-11-15(28-2)8-9-20-17/h8-9,11,13-14,16,27H,3-7,10,12H2,1-2H3,(H,20,21,25)/t14-,16+/m1/s1. The predicted octanol–water partition coefficient (Wildman–Crippen LogP) is 1.67. The van der Waals surface area contributed by atoms with E-state index >= 15 is 0 Å². The summed E-state index contributed by atoms with van der Waals surface area (Å²) in [6.45, 7) is 2.40. The normalized spacial score (nSPS) is 17.1. The Kier molecular flexibility index (Phi) is 8.19. The number of methoxy groups -OCH3 is 1. The molecule has 1 aliphatic heterocycles. The zero-order chi connectivity index (χ0) is 20.5. The predicted molar refractivity (Wildman–Crippen MR) is 102 cm³/mol. The lowest BCUT2D eigenvalue weighted by Gasteiger charge is -2.29. The van der Waals surface area contributed by atoms with E-state index in [1.807, 2.05) is 6.92 Å². The summed E-state index contributed by atoms with van der Waals surface area (Å²) in [4.78, 5) is 42.2. The lowest BCUT2D eigenvalue weighted by Crippen LogP contribution is -2.47. The molecule has 9 heteroatoms. The number of carbonyl (C=O) groups is 3. The summed E-state index contributed by atoms with van der Waals surface area (Å²) in [5.41, 5.74) is 0. The van der Waals surface area contributed by atoms with E-state index in [1.165, 1.54) is 13.3 Å². The second kappa shape index (κ2) is 10.6. The molecule has 1 aromatic heterocycles. The summed E-state index contributed by atoms with van der Waals surface area (Å²) in [5, 5.41) is 12.8. The van der Waals surface area contributed by atoms with Gasteiger partial charge in [-0.2, -0.15) is 0 Å². The Labute approximate surface area is 164 Å². The maximum Gasteiger partial charge on any atom is 0.248 e. The number of anilines is 1. The van der Waals surface area contributed by atoms with E-state index in [1.54, 1.807) is 17.0 Å². The molecule has 0 spiro atoms. The highest BCUT2D eigenvalue weighted by Gasteiger charge is 2.37. The van der Waals surface area contributed by atoms with Gasteiger partial charge in [0.2, 0.25) is 18.2 Å². The summed E-state index contributed by atoms with van der Waals surface area (Å²) >= 11 is 0. The number of amides is 3. The van der Waals surface area contributed by atoms with Gasteiger partial charge in [0, 0.05) is 18.8 Å². The first-order chi connectivity index (χ1) is 13.5. The molecule has 154 valence electrons. The molecule has 28 heavy (non-hydrogen) atoms. The van der Waals surface area contributed by atoms with Crippen LogP contribution in [0.4, 0.5) is 5.82 Å². The van der Waals surface area contributed by atoms with Crippen LogP contribution in [0.15, 0.2) is 18.3 Å². The Morgan fingerprint density at radius 1 is 1.54 bits per heavy atom. The molecule has 0 unspecified atom stereocenters. The van der Waals surface area contributed by atoms with Gasteiger partial charge in [-0.25, -0.2) is 10.0 Å². The third kappa shape index (κ3) is 5.66. The van der Waals surface area contributed by atoms with E-state index in [4.69, 9.17) is 4.74 Å². The number of ether oxygens (including phenoxy) is 1. The summed E-state index contributed by atoms with van der Waals surface area (Å²) in [6, 6.07) is 2.68. The van der Waals surface area contributed by atoms with Crippen LogP contribution >= 0.6 is 0 Å². The summed E-state index contributed by atoms with van der Waals surface area (Å²) in [5.74, 6) is -0.143. The van der Waals surface area contributed by atoms with Crippen molar-refractivity contribution in [3.05, 3.63) is 18.3 Å². The van der Waals surface area contributed by atoms with E-state index in [9.17, 15) is 19.6 Å². The zero-order valence-electron chi connectivity index (χ0n) is 16.3. The molecule has 9 nitrogen and oxygen atoms in total. The minimum absolute atomic E-state index is 0.0788.